The van der Waals surface area contributed by atoms with Crippen LogP contribution < -0.4 is 5.32 Å². The molecule has 0 fully saturated rings. The molecule has 4 nitrogen and oxygen atoms in total. The summed E-state index contributed by atoms with van der Waals surface area (Å²) in [6.07, 6.45) is 2.93. The van der Waals surface area contributed by atoms with E-state index in [-0.39, 0.29) is 25.9 Å². The van der Waals surface area contributed by atoms with E-state index in [2.05, 4.69) is 28.2 Å². The van der Waals surface area contributed by atoms with E-state index in [1.54, 1.807) is 0 Å². The molecular formula is C12H14BrCl2NO3S. The number of halogens is 3. The number of benzene rings is 1. The summed E-state index contributed by atoms with van der Waals surface area (Å²) in [5, 5.41) is 2.82. The van der Waals surface area contributed by atoms with Gasteiger partial charge in [-0.1, -0.05) is 31.4 Å². The maximum absolute atomic E-state index is 11.9. The van der Waals surface area contributed by atoms with Crippen molar-refractivity contribution in [1.29, 1.82) is 0 Å². The van der Waals surface area contributed by atoms with Crippen molar-refractivity contribution in [3.8, 4) is 0 Å². The Kier molecular flexibility index (Phi) is 6.78. The van der Waals surface area contributed by atoms with E-state index < -0.39 is 9.05 Å². The highest BCUT2D eigenvalue weighted by atomic mass is 79.9. The Labute approximate surface area is 136 Å². The lowest BCUT2D eigenvalue weighted by Crippen LogP contribution is -2.24. The van der Waals surface area contributed by atoms with Crippen molar-refractivity contribution >= 4 is 53.2 Å². The summed E-state index contributed by atoms with van der Waals surface area (Å²) < 4.78 is 23.0. The molecule has 1 aromatic carbocycles. The van der Waals surface area contributed by atoms with E-state index in [1.807, 2.05) is 0 Å². The molecule has 0 aromatic heterocycles. The quantitative estimate of drug-likeness (QED) is 0.578. The highest BCUT2D eigenvalue weighted by molar-refractivity contribution is 9.10. The van der Waals surface area contributed by atoms with Crippen molar-refractivity contribution in [3.05, 3.63) is 27.2 Å². The molecule has 8 heteroatoms. The van der Waals surface area contributed by atoms with Crippen LogP contribution in [0.2, 0.25) is 5.02 Å². The number of nitrogens with one attached hydrogen (secondary N) is 1. The van der Waals surface area contributed by atoms with Crippen LogP contribution in [0.1, 0.15) is 36.5 Å². The van der Waals surface area contributed by atoms with Crippen molar-refractivity contribution in [2.24, 2.45) is 0 Å². The van der Waals surface area contributed by atoms with Crippen molar-refractivity contribution in [2.45, 2.75) is 31.1 Å². The van der Waals surface area contributed by atoms with Crippen LogP contribution >= 0.6 is 38.2 Å². The topological polar surface area (TPSA) is 63.2 Å². The largest absolute Gasteiger partial charge is 0.352 e. The first kappa shape index (κ1) is 17.8. The molecule has 0 spiro atoms. The molecule has 1 N–H and O–H groups in total. The van der Waals surface area contributed by atoms with E-state index >= 15 is 0 Å². The van der Waals surface area contributed by atoms with Gasteiger partial charge in [0.15, 0.2) is 0 Å². The Morgan fingerprint density at radius 3 is 2.55 bits per heavy atom. The second kappa shape index (κ2) is 7.64. The van der Waals surface area contributed by atoms with Crippen molar-refractivity contribution < 1.29 is 13.2 Å². The molecule has 0 radical (unpaired) electrons. The lowest BCUT2D eigenvalue weighted by molar-refractivity contribution is 0.0952. The average molecular weight is 403 g/mol. The summed E-state index contributed by atoms with van der Waals surface area (Å²) in [4.78, 5) is 11.7. The summed E-state index contributed by atoms with van der Waals surface area (Å²) in [6.45, 7) is 2.59. The summed E-state index contributed by atoms with van der Waals surface area (Å²) in [5.74, 6) is -0.378. The predicted octanol–water partition coefficient (Wildman–Crippen LogP) is 3.95. The fourth-order valence-electron chi connectivity index (χ4n) is 1.55. The Morgan fingerprint density at radius 2 is 2.00 bits per heavy atom. The zero-order valence-corrected chi connectivity index (χ0v) is 14.7. The molecule has 0 saturated heterocycles. The maximum Gasteiger partial charge on any atom is 0.262 e. The molecule has 20 heavy (non-hydrogen) atoms. The lowest BCUT2D eigenvalue weighted by atomic mass is 10.2. The second-order valence-electron chi connectivity index (χ2n) is 4.17. The van der Waals surface area contributed by atoms with Crippen LogP contribution in [0.15, 0.2) is 21.5 Å². The molecule has 1 amide bonds. The molecule has 0 aliphatic heterocycles. The van der Waals surface area contributed by atoms with Crippen LogP contribution in [0, 0.1) is 0 Å². The van der Waals surface area contributed by atoms with Crippen LogP contribution in [-0.2, 0) is 9.05 Å². The van der Waals surface area contributed by atoms with Crippen LogP contribution in [0.4, 0.5) is 0 Å². The van der Waals surface area contributed by atoms with Gasteiger partial charge in [-0.15, -0.1) is 0 Å². The third-order valence-corrected chi connectivity index (χ3v) is 5.57. The Bertz CT molecular complexity index is 605. The highest BCUT2D eigenvalue weighted by Gasteiger charge is 2.20. The van der Waals surface area contributed by atoms with E-state index in [0.717, 1.165) is 19.3 Å². The summed E-state index contributed by atoms with van der Waals surface area (Å²) in [6, 6.07) is 2.60. The summed E-state index contributed by atoms with van der Waals surface area (Å²) >= 11 is 8.95. The van der Waals surface area contributed by atoms with Gasteiger partial charge < -0.3 is 5.32 Å². The third kappa shape index (κ3) is 4.91. The first-order valence-corrected chi connectivity index (χ1v) is 9.47. The molecule has 1 rings (SSSR count). The summed E-state index contributed by atoms with van der Waals surface area (Å²) in [7, 11) is 1.33. The average Bonchev–Trinajstić information content (AvgIpc) is 2.36. The molecule has 1 aromatic rings. The predicted molar refractivity (Wildman–Crippen MR) is 84.0 cm³/mol. The number of amides is 1. The standard InChI is InChI=1S/C12H14BrCl2NO3S/c1-2-3-4-5-16-12(17)8-6-9(14)11(13)10(7-8)20(15,18)19/h6-7H,2-5H2,1H3,(H,16,17). The maximum atomic E-state index is 11.9. The van der Waals surface area contributed by atoms with Crippen LogP contribution in [-0.4, -0.2) is 20.9 Å². The van der Waals surface area contributed by atoms with E-state index in [4.69, 9.17) is 22.3 Å². The molecule has 0 unspecified atom stereocenters. The lowest BCUT2D eigenvalue weighted by Gasteiger charge is -2.08. The van der Waals surface area contributed by atoms with Crippen molar-refractivity contribution in [2.75, 3.05) is 6.54 Å². The normalized spacial score (nSPS) is 11.4. The van der Waals surface area contributed by atoms with Gasteiger partial charge in [0.25, 0.3) is 15.0 Å². The van der Waals surface area contributed by atoms with Gasteiger partial charge >= 0.3 is 0 Å². The minimum atomic E-state index is -3.98. The van der Waals surface area contributed by atoms with Crippen molar-refractivity contribution in [3.63, 3.8) is 0 Å². The molecule has 0 saturated carbocycles. The van der Waals surface area contributed by atoms with Gasteiger partial charge in [-0.3, -0.25) is 4.79 Å². The minimum absolute atomic E-state index is 0.116. The Balaban J connectivity index is 2.97. The monoisotopic (exact) mass is 401 g/mol. The van der Waals surface area contributed by atoms with Gasteiger partial charge in [0, 0.05) is 22.8 Å². The van der Waals surface area contributed by atoms with Gasteiger partial charge in [-0.05, 0) is 34.5 Å². The van der Waals surface area contributed by atoms with Crippen LogP contribution in [0.3, 0.4) is 0 Å². The molecule has 112 valence electrons. The molecule has 0 aliphatic carbocycles. The zero-order chi connectivity index (χ0) is 15.3. The number of carbonyl (C=O) groups excluding carboxylic acids is 1. The van der Waals surface area contributed by atoms with Crippen LogP contribution in [0.5, 0.6) is 0 Å². The SMILES string of the molecule is CCCCCNC(=O)c1cc(Cl)c(Br)c(S(=O)(=O)Cl)c1. The zero-order valence-electron chi connectivity index (χ0n) is 10.8. The van der Waals surface area contributed by atoms with Gasteiger partial charge in [-0.2, -0.15) is 0 Å². The molecule has 0 bridgehead atoms. The molecule has 0 atom stereocenters. The Hall–Kier alpha value is -0.300. The fraction of sp³-hybridized carbons (Fsp3) is 0.417. The smallest absolute Gasteiger partial charge is 0.262 e. The number of hydrogen-bond acceptors (Lipinski definition) is 3. The molecule has 0 heterocycles. The Morgan fingerprint density at radius 1 is 1.35 bits per heavy atom. The number of unbranched alkanes of at least 4 members (excludes halogenated alkanes) is 2. The second-order valence-corrected chi connectivity index (χ2v) is 7.91. The highest BCUT2D eigenvalue weighted by Crippen LogP contribution is 2.33. The fourth-order valence-corrected chi connectivity index (χ4v) is 3.93. The van der Waals surface area contributed by atoms with Crippen molar-refractivity contribution in [1.82, 2.24) is 5.32 Å². The number of carbonyl (C=O) groups is 1. The first-order chi connectivity index (χ1) is 9.27. The van der Waals surface area contributed by atoms with Gasteiger partial charge in [0.05, 0.1) is 14.4 Å². The van der Waals surface area contributed by atoms with E-state index in [9.17, 15) is 13.2 Å². The van der Waals surface area contributed by atoms with E-state index in [0.29, 0.717) is 6.54 Å². The number of hydrogen-bond donors (Lipinski definition) is 1. The summed E-state index contributed by atoms with van der Waals surface area (Å²) in [5.41, 5.74) is 0.161. The first-order valence-electron chi connectivity index (χ1n) is 5.99. The molecule has 0 aliphatic rings. The van der Waals surface area contributed by atoms with Crippen LogP contribution in [0.25, 0.3) is 0 Å². The minimum Gasteiger partial charge on any atom is -0.352 e. The third-order valence-electron chi connectivity index (χ3n) is 2.59. The number of rotatable bonds is 6. The van der Waals surface area contributed by atoms with E-state index in [1.165, 1.54) is 12.1 Å². The van der Waals surface area contributed by atoms with Gasteiger partial charge in [0.1, 0.15) is 0 Å². The molecular weight excluding hydrogens is 389 g/mol. The van der Waals surface area contributed by atoms with Gasteiger partial charge in [-0.25, -0.2) is 8.42 Å². The van der Waals surface area contributed by atoms with Gasteiger partial charge in [0.2, 0.25) is 0 Å².